The molecule has 0 aliphatic carbocycles. The van der Waals surface area contributed by atoms with E-state index in [2.05, 4.69) is 11.9 Å². The number of amides is 1. The molecule has 5 heteroatoms. The van der Waals surface area contributed by atoms with E-state index in [9.17, 15) is 4.79 Å². The van der Waals surface area contributed by atoms with Gasteiger partial charge in [-0.05, 0) is 19.2 Å². The Bertz CT molecular complexity index is 467. The summed E-state index contributed by atoms with van der Waals surface area (Å²) in [5, 5.41) is 0. The lowest BCUT2D eigenvalue weighted by molar-refractivity contribution is 0.0659. The summed E-state index contributed by atoms with van der Waals surface area (Å²) in [5.74, 6) is 1.28. The summed E-state index contributed by atoms with van der Waals surface area (Å²) < 4.78 is 10.7. The average molecular weight is 248 g/mol. The smallest absolute Gasteiger partial charge is 0.257 e. The predicted molar refractivity (Wildman–Crippen MR) is 66.0 cm³/mol. The second-order valence-electron chi connectivity index (χ2n) is 4.63. The number of likely N-dealkylation sites (N-methyl/N-ethyl adjacent to an activating group) is 1. The molecule has 0 bridgehead atoms. The minimum atomic E-state index is 0.0328. The van der Waals surface area contributed by atoms with E-state index in [1.165, 1.54) is 0 Å². The lowest BCUT2D eigenvalue weighted by atomic mass is 10.1. The van der Waals surface area contributed by atoms with E-state index in [4.69, 9.17) is 9.47 Å². The lowest BCUT2D eigenvalue weighted by Crippen LogP contribution is -2.47. The number of ether oxygens (including phenoxy) is 2. The zero-order valence-electron chi connectivity index (χ0n) is 10.4. The molecule has 2 heterocycles. The predicted octanol–water partition coefficient (Wildman–Crippen LogP) is 0.803. The second-order valence-corrected chi connectivity index (χ2v) is 4.63. The van der Waals surface area contributed by atoms with Crippen molar-refractivity contribution in [2.75, 3.05) is 40.0 Å². The van der Waals surface area contributed by atoms with Gasteiger partial charge in [-0.15, -0.1) is 0 Å². The molecule has 2 aliphatic rings. The number of carbonyl (C=O) groups is 1. The summed E-state index contributed by atoms with van der Waals surface area (Å²) >= 11 is 0. The maximum Gasteiger partial charge on any atom is 0.257 e. The van der Waals surface area contributed by atoms with Crippen LogP contribution in [0, 0.1) is 0 Å². The average Bonchev–Trinajstić information content (AvgIpc) is 2.87. The van der Waals surface area contributed by atoms with Crippen molar-refractivity contribution in [3.05, 3.63) is 23.8 Å². The SMILES string of the molecule is CN1CCN(C(=O)c2cccc3c2OCO3)CC1. The van der Waals surface area contributed by atoms with Crippen LogP contribution in [-0.4, -0.2) is 55.7 Å². The second kappa shape index (κ2) is 4.49. The summed E-state index contributed by atoms with van der Waals surface area (Å²) in [6.45, 7) is 3.55. The molecule has 0 spiro atoms. The fraction of sp³-hybridized carbons (Fsp3) is 0.462. The Morgan fingerprint density at radius 3 is 2.72 bits per heavy atom. The first-order valence-electron chi connectivity index (χ1n) is 6.12. The number of hydrogen-bond acceptors (Lipinski definition) is 4. The van der Waals surface area contributed by atoms with Gasteiger partial charge in [0.05, 0.1) is 5.56 Å². The van der Waals surface area contributed by atoms with Gasteiger partial charge in [-0.2, -0.15) is 0 Å². The molecule has 96 valence electrons. The third-order valence-corrected chi connectivity index (χ3v) is 3.42. The number of piperazine rings is 1. The highest BCUT2D eigenvalue weighted by Crippen LogP contribution is 2.35. The van der Waals surface area contributed by atoms with Crippen LogP contribution in [0.4, 0.5) is 0 Å². The molecule has 2 aliphatic heterocycles. The van der Waals surface area contributed by atoms with Crippen molar-refractivity contribution in [3.8, 4) is 11.5 Å². The number of para-hydroxylation sites is 1. The van der Waals surface area contributed by atoms with Crippen molar-refractivity contribution in [3.63, 3.8) is 0 Å². The Kier molecular flexibility index (Phi) is 2.83. The van der Waals surface area contributed by atoms with Crippen LogP contribution in [-0.2, 0) is 0 Å². The van der Waals surface area contributed by atoms with E-state index in [0.717, 1.165) is 26.2 Å². The molecule has 1 amide bonds. The molecular weight excluding hydrogens is 232 g/mol. The number of nitrogens with zero attached hydrogens (tertiary/aromatic N) is 2. The van der Waals surface area contributed by atoms with Gasteiger partial charge in [0.25, 0.3) is 5.91 Å². The Labute approximate surface area is 106 Å². The monoisotopic (exact) mass is 248 g/mol. The van der Waals surface area contributed by atoms with Gasteiger partial charge in [-0.25, -0.2) is 0 Å². The molecule has 1 aromatic carbocycles. The molecule has 0 radical (unpaired) electrons. The third kappa shape index (κ3) is 1.90. The Morgan fingerprint density at radius 1 is 1.17 bits per heavy atom. The van der Waals surface area contributed by atoms with Crippen molar-refractivity contribution in [1.82, 2.24) is 9.80 Å². The number of rotatable bonds is 1. The van der Waals surface area contributed by atoms with Gasteiger partial charge in [-0.1, -0.05) is 6.07 Å². The lowest BCUT2D eigenvalue weighted by Gasteiger charge is -2.32. The van der Waals surface area contributed by atoms with Gasteiger partial charge in [0.1, 0.15) is 0 Å². The molecule has 0 unspecified atom stereocenters. The molecule has 0 atom stereocenters. The number of fused-ring (bicyclic) bond motifs is 1. The molecule has 18 heavy (non-hydrogen) atoms. The Balaban J connectivity index is 1.83. The first-order valence-corrected chi connectivity index (χ1v) is 6.12. The number of benzene rings is 1. The first-order chi connectivity index (χ1) is 8.75. The van der Waals surface area contributed by atoms with Crippen molar-refractivity contribution in [1.29, 1.82) is 0 Å². The largest absolute Gasteiger partial charge is 0.454 e. The van der Waals surface area contributed by atoms with E-state index in [-0.39, 0.29) is 12.7 Å². The van der Waals surface area contributed by atoms with Gasteiger partial charge in [-0.3, -0.25) is 4.79 Å². The van der Waals surface area contributed by atoms with Crippen molar-refractivity contribution in [2.24, 2.45) is 0 Å². The molecular formula is C13H16N2O3. The van der Waals surface area contributed by atoms with Crippen LogP contribution in [0.3, 0.4) is 0 Å². The molecule has 0 N–H and O–H groups in total. The van der Waals surface area contributed by atoms with Crippen LogP contribution < -0.4 is 9.47 Å². The van der Waals surface area contributed by atoms with Gasteiger partial charge >= 0.3 is 0 Å². The molecule has 0 aromatic heterocycles. The van der Waals surface area contributed by atoms with Crippen molar-refractivity contribution >= 4 is 5.91 Å². The minimum absolute atomic E-state index is 0.0328. The van der Waals surface area contributed by atoms with Crippen LogP contribution in [0.1, 0.15) is 10.4 Å². The zero-order valence-corrected chi connectivity index (χ0v) is 10.4. The highest BCUT2D eigenvalue weighted by atomic mass is 16.7. The van der Waals surface area contributed by atoms with Crippen LogP contribution in [0.2, 0.25) is 0 Å². The zero-order chi connectivity index (χ0) is 12.5. The summed E-state index contributed by atoms with van der Waals surface area (Å²) in [6, 6.07) is 5.45. The fourth-order valence-corrected chi connectivity index (χ4v) is 2.28. The van der Waals surface area contributed by atoms with Crippen LogP contribution in [0.25, 0.3) is 0 Å². The minimum Gasteiger partial charge on any atom is -0.454 e. The molecule has 1 fully saturated rings. The summed E-state index contributed by atoms with van der Waals surface area (Å²) in [4.78, 5) is 16.5. The molecule has 1 saturated heterocycles. The first kappa shape index (κ1) is 11.3. The normalized spacial score (nSPS) is 19.1. The van der Waals surface area contributed by atoms with Crippen LogP contribution in [0.15, 0.2) is 18.2 Å². The van der Waals surface area contributed by atoms with Gasteiger partial charge in [0.2, 0.25) is 6.79 Å². The highest BCUT2D eigenvalue weighted by molar-refractivity contribution is 5.98. The van der Waals surface area contributed by atoms with E-state index in [1.807, 2.05) is 17.0 Å². The van der Waals surface area contributed by atoms with Crippen molar-refractivity contribution in [2.45, 2.75) is 0 Å². The van der Waals surface area contributed by atoms with E-state index in [0.29, 0.717) is 17.1 Å². The quantitative estimate of drug-likeness (QED) is 0.737. The topological polar surface area (TPSA) is 42.0 Å². The molecule has 3 rings (SSSR count). The maximum absolute atomic E-state index is 12.4. The van der Waals surface area contributed by atoms with E-state index >= 15 is 0 Å². The van der Waals surface area contributed by atoms with E-state index < -0.39 is 0 Å². The van der Waals surface area contributed by atoms with Gasteiger partial charge < -0.3 is 19.3 Å². The van der Waals surface area contributed by atoms with Crippen LogP contribution in [0.5, 0.6) is 11.5 Å². The highest BCUT2D eigenvalue weighted by Gasteiger charge is 2.26. The summed E-state index contributed by atoms with van der Waals surface area (Å²) in [5.41, 5.74) is 0.606. The summed E-state index contributed by atoms with van der Waals surface area (Å²) in [6.07, 6.45) is 0. The van der Waals surface area contributed by atoms with Gasteiger partial charge in [0.15, 0.2) is 11.5 Å². The number of carbonyl (C=O) groups excluding carboxylic acids is 1. The standard InChI is InChI=1S/C13H16N2O3/c1-14-5-7-15(8-6-14)13(16)10-3-2-4-11-12(10)18-9-17-11/h2-4H,5-9H2,1H3. The Hall–Kier alpha value is -1.75. The maximum atomic E-state index is 12.4. The third-order valence-electron chi connectivity index (χ3n) is 3.42. The van der Waals surface area contributed by atoms with Gasteiger partial charge in [0, 0.05) is 26.2 Å². The van der Waals surface area contributed by atoms with Crippen LogP contribution >= 0.6 is 0 Å². The van der Waals surface area contributed by atoms with Crippen molar-refractivity contribution < 1.29 is 14.3 Å². The Morgan fingerprint density at radius 2 is 1.94 bits per heavy atom. The summed E-state index contributed by atoms with van der Waals surface area (Å²) in [7, 11) is 2.07. The number of hydrogen-bond donors (Lipinski definition) is 0. The van der Waals surface area contributed by atoms with E-state index in [1.54, 1.807) is 6.07 Å². The molecule has 1 aromatic rings. The molecule has 0 saturated carbocycles. The fourth-order valence-electron chi connectivity index (χ4n) is 2.28. The molecule has 5 nitrogen and oxygen atoms in total.